The highest BCUT2D eigenvalue weighted by Gasteiger charge is 2.25. The molecule has 0 spiro atoms. The van der Waals surface area contributed by atoms with E-state index in [9.17, 15) is 4.79 Å². The number of carbonyl (C=O) groups excluding carboxylic acids is 1. The zero-order valence-electron chi connectivity index (χ0n) is 14.7. The zero-order valence-corrected chi connectivity index (χ0v) is 14.7. The Hall–Kier alpha value is -1.62. The summed E-state index contributed by atoms with van der Waals surface area (Å²) < 4.78 is 5.47. The SMILES string of the molecule is C[C@H](NC1CCCN(C(=O)OC(C)(C)C)CC1)c1ccccn1. The Kier molecular flexibility index (Phi) is 5.99. The van der Waals surface area contributed by atoms with E-state index >= 15 is 0 Å². The normalized spacial score (nSPS) is 20.7. The van der Waals surface area contributed by atoms with E-state index in [4.69, 9.17) is 4.74 Å². The highest BCUT2D eigenvalue weighted by atomic mass is 16.6. The average Bonchev–Trinajstić information content (AvgIpc) is 2.72. The van der Waals surface area contributed by atoms with Crippen molar-refractivity contribution >= 4 is 6.09 Å². The minimum Gasteiger partial charge on any atom is -0.444 e. The standard InChI is InChI=1S/C18H29N3O2/c1-14(16-9-5-6-11-19-16)20-15-8-7-12-21(13-10-15)17(22)23-18(2,3)4/h5-6,9,11,14-15,20H,7-8,10,12-13H2,1-4H3/t14-,15?/m0/s1. The van der Waals surface area contributed by atoms with E-state index in [2.05, 4.69) is 17.2 Å². The van der Waals surface area contributed by atoms with Gasteiger partial charge in [-0.2, -0.15) is 0 Å². The maximum atomic E-state index is 12.2. The topological polar surface area (TPSA) is 54.5 Å². The Morgan fingerprint density at radius 1 is 1.35 bits per heavy atom. The number of ether oxygens (including phenoxy) is 1. The van der Waals surface area contributed by atoms with Crippen LogP contribution in [0.4, 0.5) is 4.79 Å². The van der Waals surface area contributed by atoms with Crippen LogP contribution in [0.2, 0.25) is 0 Å². The number of aromatic nitrogens is 1. The quantitative estimate of drug-likeness (QED) is 0.926. The summed E-state index contributed by atoms with van der Waals surface area (Å²) in [5.74, 6) is 0. The molecule has 128 valence electrons. The molecule has 1 aromatic heterocycles. The second kappa shape index (κ2) is 7.77. The van der Waals surface area contributed by atoms with E-state index < -0.39 is 5.60 Å². The van der Waals surface area contributed by atoms with Gasteiger partial charge in [0, 0.05) is 31.4 Å². The van der Waals surface area contributed by atoms with Gasteiger partial charge in [0.15, 0.2) is 0 Å². The first-order valence-corrected chi connectivity index (χ1v) is 8.50. The van der Waals surface area contributed by atoms with Crippen LogP contribution >= 0.6 is 0 Å². The molecule has 2 rings (SSSR count). The number of nitrogens with one attached hydrogen (secondary N) is 1. The van der Waals surface area contributed by atoms with E-state index in [1.807, 2.05) is 50.1 Å². The molecule has 0 bridgehead atoms. The van der Waals surface area contributed by atoms with E-state index in [-0.39, 0.29) is 12.1 Å². The monoisotopic (exact) mass is 319 g/mol. The lowest BCUT2D eigenvalue weighted by Crippen LogP contribution is -2.38. The first kappa shape index (κ1) is 17.7. The maximum absolute atomic E-state index is 12.2. The van der Waals surface area contributed by atoms with Crippen LogP contribution in [0.15, 0.2) is 24.4 Å². The maximum Gasteiger partial charge on any atom is 0.410 e. The lowest BCUT2D eigenvalue weighted by molar-refractivity contribution is 0.0256. The van der Waals surface area contributed by atoms with Gasteiger partial charge in [-0.05, 0) is 59.1 Å². The van der Waals surface area contributed by atoms with Crippen LogP contribution in [0.3, 0.4) is 0 Å². The Balaban J connectivity index is 1.85. The molecule has 1 aliphatic rings. The summed E-state index contributed by atoms with van der Waals surface area (Å²) in [6, 6.07) is 6.61. The molecule has 1 unspecified atom stereocenters. The van der Waals surface area contributed by atoms with Gasteiger partial charge in [-0.3, -0.25) is 4.98 Å². The van der Waals surface area contributed by atoms with Gasteiger partial charge in [-0.15, -0.1) is 0 Å². The van der Waals surface area contributed by atoms with Crippen LogP contribution in [-0.2, 0) is 4.74 Å². The molecule has 23 heavy (non-hydrogen) atoms. The third kappa shape index (κ3) is 5.82. The van der Waals surface area contributed by atoms with Crippen LogP contribution in [0.1, 0.15) is 58.7 Å². The molecule has 5 nitrogen and oxygen atoms in total. The number of pyridine rings is 1. The number of hydrogen-bond donors (Lipinski definition) is 1. The average molecular weight is 319 g/mol. The number of nitrogens with zero attached hydrogens (tertiary/aromatic N) is 2. The van der Waals surface area contributed by atoms with Gasteiger partial charge in [-0.25, -0.2) is 4.79 Å². The van der Waals surface area contributed by atoms with Gasteiger partial charge in [0.05, 0.1) is 5.69 Å². The Morgan fingerprint density at radius 2 is 2.13 bits per heavy atom. The Labute approximate surface area is 139 Å². The highest BCUT2D eigenvalue weighted by molar-refractivity contribution is 5.68. The number of amides is 1. The van der Waals surface area contributed by atoms with Crippen molar-refractivity contribution < 1.29 is 9.53 Å². The zero-order chi connectivity index (χ0) is 16.9. The highest BCUT2D eigenvalue weighted by Crippen LogP contribution is 2.18. The lowest BCUT2D eigenvalue weighted by atomic mass is 10.1. The number of carbonyl (C=O) groups is 1. The molecule has 1 amide bonds. The molecule has 1 aliphatic heterocycles. The first-order valence-electron chi connectivity index (χ1n) is 8.50. The molecule has 2 atom stereocenters. The third-order valence-electron chi connectivity index (χ3n) is 4.00. The summed E-state index contributed by atoms with van der Waals surface area (Å²) in [6.07, 6.45) is 4.62. The molecule has 1 N–H and O–H groups in total. The molecule has 5 heteroatoms. The second-order valence-corrected chi connectivity index (χ2v) is 7.24. The predicted octanol–water partition coefficient (Wildman–Crippen LogP) is 3.52. The fourth-order valence-corrected chi connectivity index (χ4v) is 2.84. The number of hydrogen-bond acceptors (Lipinski definition) is 4. The van der Waals surface area contributed by atoms with Crippen molar-refractivity contribution in [1.82, 2.24) is 15.2 Å². The summed E-state index contributed by atoms with van der Waals surface area (Å²) >= 11 is 0. The van der Waals surface area contributed by atoms with E-state index in [1.54, 1.807) is 0 Å². The summed E-state index contributed by atoms with van der Waals surface area (Å²) in [4.78, 5) is 18.4. The third-order valence-corrected chi connectivity index (χ3v) is 4.00. The summed E-state index contributed by atoms with van der Waals surface area (Å²) in [5.41, 5.74) is 0.620. The summed E-state index contributed by atoms with van der Waals surface area (Å²) in [6.45, 7) is 9.36. The van der Waals surface area contributed by atoms with Crippen molar-refractivity contribution in [2.24, 2.45) is 0 Å². The number of rotatable bonds is 3. The van der Waals surface area contributed by atoms with Crippen molar-refractivity contribution in [3.05, 3.63) is 30.1 Å². The molecular formula is C18H29N3O2. The smallest absolute Gasteiger partial charge is 0.410 e. The van der Waals surface area contributed by atoms with Crippen molar-refractivity contribution in [2.45, 2.75) is 64.6 Å². The van der Waals surface area contributed by atoms with Gasteiger partial charge >= 0.3 is 6.09 Å². The molecule has 1 saturated heterocycles. The molecule has 0 aliphatic carbocycles. The van der Waals surface area contributed by atoms with Gasteiger partial charge in [0.2, 0.25) is 0 Å². The van der Waals surface area contributed by atoms with Crippen LogP contribution in [-0.4, -0.2) is 40.7 Å². The minimum atomic E-state index is -0.436. The van der Waals surface area contributed by atoms with Crippen molar-refractivity contribution in [1.29, 1.82) is 0 Å². The molecule has 1 aromatic rings. The Bertz CT molecular complexity index is 499. The first-order chi connectivity index (χ1) is 10.8. The van der Waals surface area contributed by atoms with Gasteiger partial charge < -0.3 is 15.0 Å². The summed E-state index contributed by atoms with van der Waals surface area (Å²) in [7, 11) is 0. The van der Waals surface area contributed by atoms with Crippen molar-refractivity contribution in [2.75, 3.05) is 13.1 Å². The fraction of sp³-hybridized carbons (Fsp3) is 0.667. The second-order valence-electron chi connectivity index (χ2n) is 7.24. The van der Waals surface area contributed by atoms with Gasteiger partial charge in [0.1, 0.15) is 5.60 Å². The fourth-order valence-electron chi connectivity index (χ4n) is 2.84. The van der Waals surface area contributed by atoms with E-state index in [0.29, 0.717) is 6.04 Å². The molecule has 1 fully saturated rings. The van der Waals surface area contributed by atoms with Crippen LogP contribution in [0.25, 0.3) is 0 Å². The van der Waals surface area contributed by atoms with Crippen LogP contribution in [0, 0.1) is 0 Å². The lowest BCUT2D eigenvalue weighted by Gasteiger charge is -2.26. The molecule has 0 aromatic carbocycles. The van der Waals surface area contributed by atoms with Crippen molar-refractivity contribution in [3.63, 3.8) is 0 Å². The largest absolute Gasteiger partial charge is 0.444 e. The molecular weight excluding hydrogens is 290 g/mol. The van der Waals surface area contributed by atoms with E-state index in [1.165, 1.54) is 0 Å². The van der Waals surface area contributed by atoms with Crippen LogP contribution in [0.5, 0.6) is 0 Å². The molecule has 0 saturated carbocycles. The number of likely N-dealkylation sites (tertiary alicyclic amines) is 1. The van der Waals surface area contributed by atoms with E-state index in [0.717, 1.165) is 38.0 Å². The van der Waals surface area contributed by atoms with Gasteiger partial charge in [0.25, 0.3) is 0 Å². The van der Waals surface area contributed by atoms with Crippen molar-refractivity contribution in [3.8, 4) is 0 Å². The minimum absolute atomic E-state index is 0.198. The predicted molar refractivity (Wildman–Crippen MR) is 91.2 cm³/mol. The Morgan fingerprint density at radius 3 is 2.78 bits per heavy atom. The van der Waals surface area contributed by atoms with Crippen LogP contribution < -0.4 is 5.32 Å². The van der Waals surface area contributed by atoms with Gasteiger partial charge in [-0.1, -0.05) is 6.07 Å². The summed E-state index contributed by atoms with van der Waals surface area (Å²) in [5, 5.41) is 3.64. The molecule has 2 heterocycles. The molecule has 0 radical (unpaired) electrons.